The maximum absolute atomic E-state index is 4.64. The third-order valence-corrected chi connectivity index (χ3v) is 2.72. The molecule has 0 saturated carbocycles. The Balaban J connectivity index is 2.46. The molecule has 1 aromatic heterocycles. The zero-order valence-corrected chi connectivity index (χ0v) is 9.09. The molecule has 0 aliphatic carbocycles. The number of rotatable bonds is 1. The van der Waals surface area contributed by atoms with Gasteiger partial charge in [-0.05, 0) is 42.8 Å². The second-order valence-electron chi connectivity index (χ2n) is 4.22. The Hall–Kier alpha value is -0.985. The zero-order chi connectivity index (χ0) is 10.1. The predicted octanol–water partition coefficient (Wildman–Crippen LogP) is 2.10. The van der Waals surface area contributed by atoms with E-state index < -0.39 is 0 Å². The van der Waals surface area contributed by atoms with Crippen molar-refractivity contribution in [3.05, 3.63) is 22.9 Å². The summed E-state index contributed by atoms with van der Waals surface area (Å²) < 4.78 is 0. The third-order valence-electron chi connectivity index (χ3n) is 2.72. The Morgan fingerprint density at radius 1 is 1.50 bits per heavy atom. The van der Waals surface area contributed by atoms with Gasteiger partial charge in [-0.25, -0.2) is 4.98 Å². The maximum atomic E-state index is 4.64. The van der Waals surface area contributed by atoms with Crippen LogP contribution in [0.25, 0.3) is 0 Å². The molecule has 0 atom stereocenters. The lowest BCUT2D eigenvalue weighted by atomic mass is 9.69. The summed E-state index contributed by atoms with van der Waals surface area (Å²) in [7, 11) is 2.26. The van der Waals surface area contributed by atoms with Crippen LogP contribution in [0.4, 0.5) is 5.82 Å². The molecular formula is C11H16BN2. The van der Waals surface area contributed by atoms with Crippen molar-refractivity contribution < 1.29 is 0 Å². The number of aryl methyl sites for hydroxylation is 1. The first-order valence-electron chi connectivity index (χ1n) is 5.24. The highest BCUT2D eigenvalue weighted by molar-refractivity contribution is 6.37. The molecule has 0 unspecified atom stereocenters. The van der Waals surface area contributed by atoms with Crippen LogP contribution in [0.3, 0.4) is 0 Å². The predicted molar refractivity (Wildman–Crippen MR) is 61.0 cm³/mol. The molecule has 1 aliphatic rings. The molecule has 0 aromatic carbocycles. The lowest BCUT2D eigenvalue weighted by Gasteiger charge is -2.20. The monoisotopic (exact) mass is 187 g/mol. The number of hydrogen-bond acceptors (Lipinski definition) is 2. The maximum Gasteiger partial charge on any atom is 0.141 e. The molecule has 1 radical (unpaired) electrons. The van der Waals surface area contributed by atoms with Crippen LogP contribution >= 0.6 is 0 Å². The first-order chi connectivity index (χ1) is 6.68. The normalized spacial score (nSPS) is 14.6. The lowest BCUT2D eigenvalue weighted by molar-refractivity contribution is 0.818. The van der Waals surface area contributed by atoms with Crippen LogP contribution in [0, 0.1) is 6.92 Å². The first-order valence-corrected chi connectivity index (χ1v) is 5.24. The minimum atomic E-state index is 0.506. The van der Waals surface area contributed by atoms with Gasteiger partial charge in [0, 0.05) is 5.69 Å². The molecule has 1 aromatic rings. The van der Waals surface area contributed by atoms with Gasteiger partial charge in [0.25, 0.3) is 0 Å². The fraction of sp³-hybridized carbons (Fsp3) is 0.545. The summed E-state index contributed by atoms with van der Waals surface area (Å²) >= 11 is 0. The van der Waals surface area contributed by atoms with Crippen molar-refractivity contribution in [1.29, 1.82) is 0 Å². The van der Waals surface area contributed by atoms with Crippen molar-refractivity contribution in [1.82, 2.24) is 4.98 Å². The number of hydrogen-bond donors (Lipinski definition) is 1. The zero-order valence-electron chi connectivity index (χ0n) is 9.09. The van der Waals surface area contributed by atoms with Crippen LogP contribution in [-0.4, -0.2) is 18.7 Å². The van der Waals surface area contributed by atoms with E-state index in [0.717, 1.165) is 18.6 Å². The first kappa shape index (κ1) is 9.57. The minimum absolute atomic E-state index is 0.506. The SMILES string of the molecule is Cc1cc(C(C)C)nc2c1C[B]CN2. The minimum Gasteiger partial charge on any atom is -0.378 e. The van der Waals surface area contributed by atoms with Crippen LogP contribution in [0.2, 0.25) is 0 Å². The highest BCUT2D eigenvalue weighted by Gasteiger charge is 2.15. The van der Waals surface area contributed by atoms with Gasteiger partial charge in [0.15, 0.2) is 0 Å². The Bertz CT molecular complexity index is 347. The Labute approximate surface area is 86.4 Å². The van der Waals surface area contributed by atoms with Gasteiger partial charge in [0.05, 0.1) is 0 Å². The molecule has 2 rings (SSSR count). The molecule has 2 nitrogen and oxygen atoms in total. The molecule has 2 heterocycles. The summed E-state index contributed by atoms with van der Waals surface area (Å²) in [6.45, 7) is 6.54. The van der Waals surface area contributed by atoms with Crippen LogP contribution in [0.5, 0.6) is 0 Å². The van der Waals surface area contributed by atoms with Gasteiger partial charge in [-0.2, -0.15) is 0 Å². The van der Waals surface area contributed by atoms with Crippen LogP contribution < -0.4 is 5.32 Å². The van der Waals surface area contributed by atoms with E-state index >= 15 is 0 Å². The van der Waals surface area contributed by atoms with Gasteiger partial charge in [0.1, 0.15) is 13.1 Å². The number of nitrogens with one attached hydrogen (secondary N) is 1. The fourth-order valence-electron chi connectivity index (χ4n) is 1.81. The summed E-state index contributed by atoms with van der Waals surface area (Å²) in [6, 6.07) is 2.21. The van der Waals surface area contributed by atoms with Gasteiger partial charge >= 0.3 is 0 Å². The van der Waals surface area contributed by atoms with Crippen molar-refractivity contribution in [3.63, 3.8) is 0 Å². The Morgan fingerprint density at radius 3 is 3.00 bits per heavy atom. The van der Waals surface area contributed by atoms with Crippen LogP contribution in [-0.2, 0) is 6.32 Å². The van der Waals surface area contributed by atoms with Gasteiger partial charge in [-0.3, -0.25) is 0 Å². The lowest BCUT2D eigenvalue weighted by Crippen LogP contribution is -2.22. The van der Waals surface area contributed by atoms with Crippen molar-refractivity contribution in [2.75, 3.05) is 11.8 Å². The molecule has 0 saturated heterocycles. The van der Waals surface area contributed by atoms with Crippen molar-refractivity contribution >= 4 is 13.1 Å². The average Bonchev–Trinajstić information content (AvgIpc) is 2.17. The number of anilines is 1. The smallest absolute Gasteiger partial charge is 0.141 e. The second kappa shape index (κ2) is 3.64. The van der Waals surface area contributed by atoms with E-state index in [1.54, 1.807) is 0 Å². The third kappa shape index (κ3) is 1.63. The van der Waals surface area contributed by atoms with Gasteiger partial charge < -0.3 is 5.32 Å². The highest BCUT2D eigenvalue weighted by atomic mass is 15.0. The van der Waals surface area contributed by atoms with E-state index in [2.05, 4.69) is 44.4 Å². The molecule has 73 valence electrons. The molecule has 1 N–H and O–H groups in total. The second-order valence-corrected chi connectivity index (χ2v) is 4.22. The van der Waals surface area contributed by atoms with E-state index in [9.17, 15) is 0 Å². The van der Waals surface area contributed by atoms with Crippen LogP contribution in [0.15, 0.2) is 6.07 Å². The molecule has 3 heteroatoms. The van der Waals surface area contributed by atoms with Gasteiger partial charge in [-0.15, -0.1) is 0 Å². The number of nitrogens with zero attached hydrogens (tertiary/aromatic N) is 1. The Kier molecular flexibility index (Phi) is 2.49. The van der Waals surface area contributed by atoms with E-state index in [0.29, 0.717) is 5.92 Å². The van der Waals surface area contributed by atoms with E-state index in [-0.39, 0.29) is 0 Å². The van der Waals surface area contributed by atoms with Gasteiger partial charge in [0.2, 0.25) is 0 Å². The van der Waals surface area contributed by atoms with Crippen molar-refractivity contribution in [2.45, 2.75) is 33.0 Å². The summed E-state index contributed by atoms with van der Waals surface area (Å²) in [5.74, 6) is 1.60. The largest absolute Gasteiger partial charge is 0.378 e. The van der Waals surface area contributed by atoms with E-state index in [1.165, 1.54) is 16.8 Å². The number of pyridine rings is 1. The van der Waals surface area contributed by atoms with E-state index in [4.69, 9.17) is 0 Å². The molecular weight excluding hydrogens is 171 g/mol. The van der Waals surface area contributed by atoms with Gasteiger partial charge in [-0.1, -0.05) is 13.8 Å². The average molecular weight is 187 g/mol. The van der Waals surface area contributed by atoms with Crippen molar-refractivity contribution in [2.24, 2.45) is 0 Å². The quantitative estimate of drug-likeness (QED) is 0.681. The summed E-state index contributed by atoms with van der Waals surface area (Å²) in [4.78, 5) is 4.64. The fourth-order valence-corrected chi connectivity index (χ4v) is 1.81. The molecule has 0 amide bonds. The topological polar surface area (TPSA) is 24.9 Å². The number of aromatic nitrogens is 1. The van der Waals surface area contributed by atoms with Crippen LogP contribution in [0.1, 0.15) is 36.6 Å². The molecule has 14 heavy (non-hydrogen) atoms. The molecule has 0 spiro atoms. The molecule has 1 aliphatic heterocycles. The summed E-state index contributed by atoms with van der Waals surface area (Å²) in [5, 5.41) is 3.33. The summed E-state index contributed by atoms with van der Waals surface area (Å²) in [5.41, 5.74) is 3.92. The summed E-state index contributed by atoms with van der Waals surface area (Å²) in [6.07, 6.45) is 2.00. The molecule has 0 fully saturated rings. The van der Waals surface area contributed by atoms with Crippen molar-refractivity contribution in [3.8, 4) is 0 Å². The molecule has 0 bridgehead atoms. The van der Waals surface area contributed by atoms with E-state index in [1.807, 2.05) is 0 Å². The highest BCUT2D eigenvalue weighted by Crippen LogP contribution is 2.24. The standard InChI is InChI=1S/C11H16BN2/c1-7(2)10-4-8(3)9-5-12-6-13-11(9)14-10/h4,7H,5-6H2,1-3H3,(H,13,14). The number of fused-ring (bicyclic) bond motifs is 1. The Morgan fingerprint density at radius 2 is 2.29 bits per heavy atom.